The minimum Gasteiger partial charge on any atom is -0.299 e. The van der Waals surface area contributed by atoms with Crippen LogP contribution in [0.2, 0.25) is 0 Å². The van der Waals surface area contributed by atoms with Crippen molar-refractivity contribution in [3.8, 4) is 0 Å². The first-order valence-electron chi connectivity index (χ1n) is 5.28. The van der Waals surface area contributed by atoms with Crippen LogP contribution in [-0.2, 0) is 4.79 Å². The Morgan fingerprint density at radius 1 is 1.08 bits per heavy atom. The van der Waals surface area contributed by atoms with Crippen LogP contribution in [0.3, 0.4) is 0 Å². The summed E-state index contributed by atoms with van der Waals surface area (Å²) in [6.07, 6.45) is 6.33. The Hall–Kier alpha value is -0.330. The Morgan fingerprint density at radius 2 is 1.67 bits per heavy atom. The molecule has 0 heterocycles. The van der Waals surface area contributed by atoms with E-state index in [1.165, 1.54) is 12.8 Å². The molecule has 0 atom stereocenters. The Morgan fingerprint density at radius 3 is 2.08 bits per heavy atom. The highest BCUT2D eigenvalue weighted by atomic mass is 16.1. The number of ketones is 1. The van der Waals surface area contributed by atoms with E-state index in [1.54, 1.807) is 0 Å². The van der Waals surface area contributed by atoms with E-state index >= 15 is 0 Å². The topological polar surface area (TPSA) is 17.1 Å². The van der Waals surface area contributed by atoms with E-state index < -0.39 is 0 Å². The van der Waals surface area contributed by atoms with Crippen molar-refractivity contribution in [3.63, 3.8) is 0 Å². The zero-order valence-electron chi connectivity index (χ0n) is 8.73. The minimum atomic E-state index is 0.335. The summed E-state index contributed by atoms with van der Waals surface area (Å²) in [5.41, 5.74) is 0. The van der Waals surface area contributed by atoms with Gasteiger partial charge in [0.1, 0.15) is 5.78 Å². The van der Waals surface area contributed by atoms with Crippen molar-refractivity contribution >= 4 is 5.78 Å². The van der Waals surface area contributed by atoms with Crippen molar-refractivity contribution in [1.29, 1.82) is 0 Å². The van der Waals surface area contributed by atoms with Crippen LogP contribution in [0.15, 0.2) is 0 Å². The average molecular weight is 170 g/mol. The maximum absolute atomic E-state index is 11.5. The van der Waals surface area contributed by atoms with Crippen LogP contribution >= 0.6 is 0 Å². The van der Waals surface area contributed by atoms with Gasteiger partial charge in [-0.1, -0.05) is 33.6 Å². The molecule has 0 fully saturated rings. The van der Waals surface area contributed by atoms with Crippen LogP contribution in [0.5, 0.6) is 0 Å². The number of carbonyl (C=O) groups excluding carboxylic acids is 1. The predicted octanol–water partition coefficient (Wildman–Crippen LogP) is 3.57. The summed E-state index contributed by atoms with van der Waals surface area (Å²) in [4.78, 5) is 11.5. The Kier molecular flexibility index (Phi) is 7.12. The van der Waals surface area contributed by atoms with Crippen molar-refractivity contribution in [2.24, 2.45) is 5.92 Å². The molecule has 0 aromatic heterocycles. The standard InChI is InChI=1S/C11H22O/c1-4-7-8-9-11(12)10(5-2)6-3/h10H,4-9H2,1-3H3. The molecule has 0 N–H and O–H groups in total. The Bertz CT molecular complexity index is 114. The summed E-state index contributed by atoms with van der Waals surface area (Å²) in [6.45, 7) is 6.37. The fourth-order valence-corrected chi connectivity index (χ4v) is 1.50. The number of rotatable bonds is 7. The molecule has 0 bridgehead atoms. The highest BCUT2D eigenvalue weighted by Crippen LogP contribution is 2.13. The molecule has 1 heteroatoms. The van der Waals surface area contributed by atoms with Crippen LogP contribution < -0.4 is 0 Å². The van der Waals surface area contributed by atoms with E-state index in [1.807, 2.05) is 0 Å². The second-order valence-electron chi connectivity index (χ2n) is 3.44. The lowest BCUT2D eigenvalue weighted by molar-refractivity contribution is -0.123. The van der Waals surface area contributed by atoms with Gasteiger partial charge in [-0.2, -0.15) is 0 Å². The van der Waals surface area contributed by atoms with Crippen LogP contribution in [0.4, 0.5) is 0 Å². The largest absolute Gasteiger partial charge is 0.299 e. The third-order valence-corrected chi connectivity index (χ3v) is 2.47. The summed E-state index contributed by atoms with van der Waals surface area (Å²) < 4.78 is 0. The molecular weight excluding hydrogens is 148 g/mol. The Balaban J connectivity index is 3.54. The second-order valence-corrected chi connectivity index (χ2v) is 3.44. The first kappa shape index (κ1) is 11.7. The molecule has 0 saturated carbocycles. The van der Waals surface area contributed by atoms with Crippen LogP contribution in [0.1, 0.15) is 59.3 Å². The zero-order valence-corrected chi connectivity index (χ0v) is 8.73. The van der Waals surface area contributed by atoms with Gasteiger partial charge in [0.2, 0.25) is 0 Å². The SMILES string of the molecule is CCCCCC(=O)C(CC)CC. The third-order valence-electron chi connectivity index (χ3n) is 2.47. The molecule has 0 aliphatic rings. The van der Waals surface area contributed by atoms with Crippen LogP contribution in [0, 0.1) is 5.92 Å². The summed E-state index contributed by atoms with van der Waals surface area (Å²) >= 11 is 0. The van der Waals surface area contributed by atoms with Gasteiger partial charge < -0.3 is 0 Å². The highest BCUT2D eigenvalue weighted by Gasteiger charge is 2.12. The summed E-state index contributed by atoms with van der Waals surface area (Å²) in [7, 11) is 0. The highest BCUT2D eigenvalue weighted by molar-refractivity contribution is 5.80. The summed E-state index contributed by atoms with van der Waals surface area (Å²) in [5, 5.41) is 0. The predicted molar refractivity (Wildman–Crippen MR) is 53.2 cm³/mol. The molecular formula is C11H22O. The zero-order chi connectivity index (χ0) is 9.40. The monoisotopic (exact) mass is 170 g/mol. The maximum atomic E-state index is 11.5. The van der Waals surface area contributed by atoms with Crippen molar-refractivity contribution in [2.45, 2.75) is 59.3 Å². The van der Waals surface area contributed by atoms with Gasteiger partial charge in [-0.05, 0) is 19.3 Å². The van der Waals surface area contributed by atoms with E-state index in [0.29, 0.717) is 11.7 Å². The van der Waals surface area contributed by atoms with Crippen LogP contribution in [-0.4, -0.2) is 5.78 Å². The molecule has 0 unspecified atom stereocenters. The molecule has 0 rings (SSSR count). The van der Waals surface area contributed by atoms with E-state index in [-0.39, 0.29) is 0 Å². The van der Waals surface area contributed by atoms with E-state index in [0.717, 1.165) is 25.7 Å². The van der Waals surface area contributed by atoms with E-state index in [9.17, 15) is 4.79 Å². The molecule has 0 aromatic carbocycles. The van der Waals surface area contributed by atoms with Crippen molar-refractivity contribution in [3.05, 3.63) is 0 Å². The summed E-state index contributed by atoms with van der Waals surface area (Å²) in [6, 6.07) is 0. The van der Waals surface area contributed by atoms with Gasteiger partial charge in [0.05, 0.1) is 0 Å². The van der Waals surface area contributed by atoms with Crippen molar-refractivity contribution < 1.29 is 4.79 Å². The quantitative estimate of drug-likeness (QED) is 0.534. The minimum absolute atomic E-state index is 0.335. The Labute approximate surface area is 76.6 Å². The number of Topliss-reactive ketones (excluding diaryl/α,β-unsaturated/α-hetero) is 1. The molecule has 0 saturated heterocycles. The fraction of sp³-hybridized carbons (Fsp3) is 0.909. The van der Waals surface area contributed by atoms with Gasteiger partial charge in [0.15, 0.2) is 0 Å². The van der Waals surface area contributed by atoms with Gasteiger partial charge in [-0.15, -0.1) is 0 Å². The molecule has 12 heavy (non-hydrogen) atoms. The first-order valence-corrected chi connectivity index (χ1v) is 5.28. The lowest BCUT2D eigenvalue weighted by Gasteiger charge is -2.09. The van der Waals surface area contributed by atoms with E-state index in [4.69, 9.17) is 0 Å². The molecule has 0 amide bonds. The molecule has 0 aromatic rings. The van der Waals surface area contributed by atoms with Gasteiger partial charge in [0.25, 0.3) is 0 Å². The normalized spacial score (nSPS) is 10.7. The lowest BCUT2D eigenvalue weighted by atomic mass is 9.94. The fourth-order valence-electron chi connectivity index (χ4n) is 1.50. The van der Waals surface area contributed by atoms with Gasteiger partial charge in [0, 0.05) is 12.3 Å². The van der Waals surface area contributed by atoms with Crippen LogP contribution in [0.25, 0.3) is 0 Å². The number of unbranched alkanes of at least 4 members (excludes halogenated alkanes) is 2. The second kappa shape index (κ2) is 7.33. The average Bonchev–Trinajstić information content (AvgIpc) is 2.07. The third kappa shape index (κ3) is 4.53. The smallest absolute Gasteiger partial charge is 0.135 e. The molecule has 0 spiro atoms. The summed E-state index contributed by atoms with van der Waals surface area (Å²) in [5.74, 6) is 0.815. The number of hydrogen-bond acceptors (Lipinski definition) is 1. The lowest BCUT2D eigenvalue weighted by Crippen LogP contribution is -2.12. The number of carbonyl (C=O) groups is 1. The number of hydrogen-bond donors (Lipinski definition) is 0. The molecule has 0 aliphatic heterocycles. The van der Waals surface area contributed by atoms with Crippen molar-refractivity contribution in [2.75, 3.05) is 0 Å². The molecule has 1 nitrogen and oxygen atoms in total. The van der Waals surface area contributed by atoms with Gasteiger partial charge >= 0.3 is 0 Å². The van der Waals surface area contributed by atoms with E-state index in [2.05, 4.69) is 20.8 Å². The first-order chi connectivity index (χ1) is 5.76. The van der Waals surface area contributed by atoms with Crippen molar-refractivity contribution in [1.82, 2.24) is 0 Å². The maximum Gasteiger partial charge on any atom is 0.135 e. The van der Waals surface area contributed by atoms with Gasteiger partial charge in [-0.3, -0.25) is 4.79 Å². The van der Waals surface area contributed by atoms with Gasteiger partial charge in [-0.25, -0.2) is 0 Å². The molecule has 0 aliphatic carbocycles. The molecule has 72 valence electrons. The molecule has 0 radical (unpaired) electrons.